The first-order valence-electron chi connectivity index (χ1n) is 4.80. The van der Waals surface area contributed by atoms with Gasteiger partial charge in [-0.15, -0.1) is 0 Å². The first kappa shape index (κ1) is 12.1. The average molecular weight is 255 g/mol. The summed E-state index contributed by atoms with van der Waals surface area (Å²) in [6, 6.07) is 2.52. The lowest BCUT2D eigenvalue weighted by molar-refractivity contribution is 0.496. The van der Waals surface area contributed by atoms with E-state index in [0.29, 0.717) is 12.1 Å². The van der Waals surface area contributed by atoms with Crippen LogP contribution in [0.15, 0.2) is 24.5 Å². The molecule has 5 nitrogen and oxygen atoms in total. The molecule has 2 rings (SSSR count). The topological polar surface area (TPSA) is 75.9 Å². The van der Waals surface area contributed by atoms with Gasteiger partial charge in [0.2, 0.25) is 0 Å². The van der Waals surface area contributed by atoms with Gasteiger partial charge in [0.15, 0.2) is 11.6 Å². The molecule has 2 aromatic rings. The Balaban J connectivity index is 2.30. The van der Waals surface area contributed by atoms with Crippen molar-refractivity contribution in [2.45, 2.75) is 0 Å². The maximum Gasteiger partial charge on any atom is 0.161 e. The molecule has 0 spiro atoms. The summed E-state index contributed by atoms with van der Waals surface area (Å²) < 4.78 is 39.0. The fourth-order valence-corrected chi connectivity index (χ4v) is 1.26. The SMILES string of the molecule is NNc1cc(Nc2cc(F)c(F)cc2F)ncn1. The standard InChI is InChI=1S/C10H8F3N5/c11-5-1-7(13)8(2-6(5)12)17-9-3-10(18-14)16-4-15-9/h1-4H,14H2,(H2,15,16,17,18). The highest BCUT2D eigenvalue weighted by atomic mass is 19.2. The van der Waals surface area contributed by atoms with Crippen molar-refractivity contribution in [3.63, 3.8) is 0 Å². The van der Waals surface area contributed by atoms with E-state index in [4.69, 9.17) is 5.84 Å². The largest absolute Gasteiger partial charge is 0.338 e. The smallest absolute Gasteiger partial charge is 0.161 e. The predicted octanol–water partition coefficient (Wildman–Crippen LogP) is 1.92. The van der Waals surface area contributed by atoms with Gasteiger partial charge >= 0.3 is 0 Å². The van der Waals surface area contributed by atoms with Crippen molar-refractivity contribution in [2.24, 2.45) is 5.84 Å². The minimum Gasteiger partial charge on any atom is -0.338 e. The molecule has 0 unspecified atom stereocenters. The molecule has 0 amide bonds. The zero-order valence-corrected chi connectivity index (χ0v) is 8.92. The van der Waals surface area contributed by atoms with Crippen LogP contribution in [0.3, 0.4) is 0 Å². The number of halogens is 3. The van der Waals surface area contributed by atoms with E-state index in [0.717, 1.165) is 0 Å². The second-order valence-electron chi connectivity index (χ2n) is 3.30. The lowest BCUT2D eigenvalue weighted by Gasteiger charge is -2.08. The molecule has 1 heterocycles. The molecule has 0 aliphatic carbocycles. The predicted molar refractivity (Wildman–Crippen MR) is 59.4 cm³/mol. The van der Waals surface area contributed by atoms with Crippen molar-refractivity contribution in [1.29, 1.82) is 0 Å². The third kappa shape index (κ3) is 2.48. The molecule has 1 aromatic heterocycles. The highest BCUT2D eigenvalue weighted by Gasteiger charge is 2.10. The zero-order valence-electron chi connectivity index (χ0n) is 8.92. The van der Waals surface area contributed by atoms with E-state index < -0.39 is 17.5 Å². The number of benzene rings is 1. The maximum atomic E-state index is 13.3. The number of nitrogens with zero attached hydrogens (tertiary/aromatic N) is 2. The summed E-state index contributed by atoms with van der Waals surface area (Å²) in [6.45, 7) is 0. The Morgan fingerprint density at radius 3 is 2.28 bits per heavy atom. The number of hydrogen-bond acceptors (Lipinski definition) is 5. The summed E-state index contributed by atoms with van der Waals surface area (Å²) in [5.74, 6) is 2.25. The summed E-state index contributed by atoms with van der Waals surface area (Å²) in [5.41, 5.74) is 2.03. The van der Waals surface area contributed by atoms with E-state index in [-0.39, 0.29) is 17.3 Å². The Labute approximate surface area is 99.8 Å². The van der Waals surface area contributed by atoms with Crippen molar-refractivity contribution in [2.75, 3.05) is 10.7 Å². The van der Waals surface area contributed by atoms with E-state index in [1.54, 1.807) is 0 Å². The Bertz CT molecular complexity index is 575. The van der Waals surface area contributed by atoms with Crippen LogP contribution < -0.4 is 16.6 Å². The van der Waals surface area contributed by atoms with E-state index in [9.17, 15) is 13.2 Å². The number of nitrogen functional groups attached to an aromatic ring is 1. The molecule has 4 N–H and O–H groups in total. The Hall–Kier alpha value is -2.35. The number of hydrazine groups is 1. The van der Waals surface area contributed by atoms with E-state index in [1.807, 2.05) is 0 Å². The summed E-state index contributed by atoms with van der Waals surface area (Å²) in [7, 11) is 0. The molecule has 0 saturated carbocycles. The van der Waals surface area contributed by atoms with E-state index >= 15 is 0 Å². The van der Waals surface area contributed by atoms with Crippen LogP contribution in [-0.4, -0.2) is 9.97 Å². The van der Waals surface area contributed by atoms with Gasteiger partial charge < -0.3 is 10.7 Å². The molecule has 0 radical (unpaired) electrons. The van der Waals surface area contributed by atoms with Gasteiger partial charge in [-0.25, -0.2) is 29.0 Å². The Kier molecular flexibility index (Phi) is 3.28. The monoisotopic (exact) mass is 255 g/mol. The summed E-state index contributed by atoms with van der Waals surface area (Å²) in [6.07, 6.45) is 1.18. The number of anilines is 3. The quantitative estimate of drug-likeness (QED) is 0.444. The minimum atomic E-state index is -1.26. The summed E-state index contributed by atoms with van der Waals surface area (Å²) in [5, 5.41) is 2.49. The van der Waals surface area contributed by atoms with Crippen LogP contribution in [0.1, 0.15) is 0 Å². The number of nitrogens with two attached hydrogens (primary N) is 1. The van der Waals surface area contributed by atoms with Crippen molar-refractivity contribution < 1.29 is 13.2 Å². The maximum absolute atomic E-state index is 13.3. The van der Waals surface area contributed by atoms with Crippen LogP contribution in [0.4, 0.5) is 30.5 Å². The molecule has 0 bridgehead atoms. The number of nitrogens with one attached hydrogen (secondary N) is 2. The van der Waals surface area contributed by atoms with Gasteiger partial charge in [0.05, 0.1) is 5.69 Å². The normalized spacial score (nSPS) is 10.2. The molecule has 0 atom stereocenters. The van der Waals surface area contributed by atoms with Crippen LogP contribution in [0.5, 0.6) is 0 Å². The van der Waals surface area contributed by atoms with Crippen LogP contribution in [0.25, 0.3) is 0 Å². The highest BCUT2D eigenvalue weighted by Crippen LogP contribution is 2.22. The Morgan fingerprint density at radius 2 is 1.56 bits per heavy atom. The van der Waals surface area contributed by atoms with Gasteiger partial charge in [-0.3, -0.25) is 0 Å². The van der Waals surface area contributed by atoms with Gasteiger partial charge in [0.1, 0.15) is 23.8 Å². The summed E-state index contributed by atoms with van der Waals surface area (Å²) >= 11 is 0. The van der Waals surface area contributed by atoms with Crippen LogP contribution in [-0.2, 0) is 0 Å². The lowest BCUT2D eigenvalue weighted by Crippen LogP contribution is -2.09. The molecule has 18 heavy (non-hydrogen) atoms. The average Bonchev–Trinajstić information content (AvgIpc) is 2.36. The number of hydrogen-bond donors (Lipinski definition) is 3. The first-order chi connectivity index (χ1) is 8.60. The molecule has 0 aliphatic heterocycles. The minimum absolute atomic E-state index is 0.183. The fraction of sp³-hybridized carbons (Fsp3) is 0. The van der Waals surface area contributed by atoms with E-state index in [1.165, 1.54) is 12.4 Å². The highest BCUT2D eigenvalue weighted by molar-refractivity contribution is 5.59. The third-order valence-corrected chi connectivity index (χ3v) is 2.09. The van der Waals surface area contributed by atoms with Crippen molar-refractivity contribution in [3.05, 3.63) is 42.0 Å². The molecular weight excluding hydrogens is 247 g/mol. The first-order valence-corrected chi connectivity index (χ1v) is 4.80. The molecule has 0 saturated heterocycles. The van der Waals surface area contributed by atoms with Crippen molar-refractivity contribution in [1.82, 2.24) is 9.97 Å². The molecule has 0 fully saturated rings. The molecule has 1 aromatic carbocycles. The van der Waals surface area contributed by atoms with Crippen LogP contribution in [0.2, 0.25) is 0 Å². The lowest BCUT2D eigenvalue weighted by atomic mass is 10.3. The second-order valence-corrected chi connectivity index (χ2v) is 3.30. The molecule has 0 aliphatic rings. The van der Waals surface area contributed by atoms with Crippen molar-refractivity contribution >= 4 is 17.3 Å². The zero-order chi connectivity index (χ0) is 13.1. The van der Waals surface area contributed by atoms with Gasteiger partial charge in [-0.05, 0) is 0 Å². The van der Waals surface area contributed by atoms with E-state index in [2.05, 4.69) is 20.7 Å². The molecule has 94 valence electrons. The van der Waals surface area contributed by atoms with Crippen LogP contribution >= 0.6 is 0 Å². The van der Waals surface area contributed by atoms with Gasteiger partial charge in [0, 0.05) is 18.2 Å². The van der Waals surface area contributed by atoms with Gasteiger partial charge in [-0.1, -0.05) is 0 Å². The fourth-order valence-electron chi connectivity index (χ4n) is 1.26. The van der Waals surface area contributed by atoms with Gasteiger partial charge in [-0.2, -0.15) is 0 Å². The second kappa shape index (κ2) is 4.88. The van der Waals surface area contributed by atoms with Crippen LogP contribution in [0, 0.1) is 17.5 Å². The van der Waals surface area contributed by atoms with Crippen molar-refractivity contribution in [3.8, 4) is 0 Å². The Morgan fingerprint density at radius 1 is 0.889 bits per heavy atom. The summed E-state index contributed by atoms with van der Waals surface area (Å²) in [4.78, 5) is 7.51. The number of aromatic nitrogens is 2. The van der Waals surface area contributed by atoms with Gasteiger partial charge in [0.25, 0.3) is 0 Å². The third-order valence-electron chi connectivity index (χ3n) is 2.09. The number of rotatable bonds is 3. The molecular formula is C10H8F3N5. The molecule has 8 heteroatoms.